The summed E-state index contributed by atoms with van der Waals surface area (Å²) in [6, 6.07) is 0.357. The zero-order valence-electron chi connectivity index (χ0n) is 12.5. The minimum Gasteiger partial charge on any atom is -0.481 e. The van der Waals surface area contributed by atoms with Crippen LogP contribution in [0, 0.1) is 5.92 Å². The molecular formula is C14H22N4O3. The van der Waals surface area contributed by atoms with Crippen LogP contribution in [-0.2, 0) is 11.3 Å². The maximum Gasteiger partial charge on any atom is 0.224 e. The summed E-state index contributed by atoms with van der Waals surface area (Å²) in [6.07, 6.45) is 4.97. The van der Waals surface area contributed by atoms with Crippen molar-refractivity contribution in [2.75, 3.05) is 14.2 Å². The molecule has 21 heavy (non-hydrogen) atoms. The number of nitrogens with zero attached hydrogens (tertiary/aromatic N) is 2. The molecule has 0 unspecified atom stereocenters. The molecule has 116 valence electrons. The summed E-state index contributed by atoms with van der Waals surface area (Å²) in [5, 5.41) is 3.45. The molecule has 1 aromatic rings. The highest BCUT2D eigenvalue weighted by Crippen LogP contribution is 2.26. The van der Waals surface area contributed by atoms with Crippen LogP contribution in [0.1, 0.15) is 31.2 Å². The zero-order chi connectivity index (χ0) is 15.2. The van der Waals surface area contributed by atoms with Gasteiger partial charge in [-0.05, 0) is 25.7 Å². The zero-order valence-corrected chi connectivity index (χ0v) is 12.5. The third-order valence-electron chi connectivity index (χ3n) is 3.95. The van der Waals surface area contributed by atoms with E-state index in [4.69, 9.17) is 15.2 Å². The lowest BCUT2D eigenvalue weighted by Crippen LogP contribution is -2.36. The Balaban J connectivity index is 1.93. The average Bonchev–Trinajstić information content (AvgIpc) is 2.52. The molecule has 0 spiro atoms. The quantitative estimate of drug-likeness (QED) is 0.798. The molecule has 1 amide bonds. The van der Waals surface area contributed by atoms with Crippen LogP contribution in [0.4, 0.5) is 0 Å². The van der Waals surface area contributed by atoms with Gasteiger partial charge >= 0.3 is 0 Å². The fourth-order valence-corrected chi connectivity index (χ4v) is 2.71. The van der Waals surface area contributed by atoms with Gasteiger partial charge in [0, 0.05) is 18.5 Å². The highest BCUT2D eigenvalue weighted by atomic mass is 16.5. The summed E-state index contributed by atoms with van der Waals surface area (Å²) in [4.78, 5) is 19.3. The second-order valence-electron chi connectivity index (χ2n) is 5.20. The van der Waals surface area contributed by atoms with E-state index >= 15 is 0 Å². The number of carbonyl (C=O) groups is 1. The number of hydrogen-bond acceptors (Lipinski definition) is 6. The Morgan fingerprint density at radius 3 is 2.29 bits per heavy atom. The molecule has 0 bridgehead atoms. The number of rotatable bonds is 6. The minimum atomic E-state index is -0.187. The first-order valence-corrected chi connectivity index (χ1v) is 7.10. The van der Waals surface area contributed by atoms with Crippen molar-refractivity contribution in [2.45, 2.75) is 38.3 Å². The van der Waals surface area contributed by atoms with E-state index in [0.717, 1.165) is 31.2 Å². The normalized spacial score (nSPS) is 21.8. The summed E-state index contributed by atoms with van der Waals surface area (Å²) in [5.41, 5.74) is 6.15. The highest BCUT2D eigenvalue weighted by Gasteiger charge is 2.25. The predicted octanol–water partition coefficient (Wildman–Crippen LogP) is 0.627. The maximum absolute atomic E-state index is 11.2. The van der Waals surface area contributed by atoms with Gasteiger partial charge in [0.25, 0.3) is 0 Å². The number of primary amides is 1. The Morgan fingerprint density at radius 2 is 1.81 bits per heavy atom. The number of aromatic nitrogens is 2. The molecule has 0 radical (unpaired) electrons. The number of carbonyl (C=O) groups excluding carboxylic acids is 1. The van der Waals surface area contributed by atoms with Gasteiger partial charge in [-0.15, -0.1) is 0 Å². The van der Waals surface area contributed by atoms with Crippen LogP contribution in [0.3, 0.4) is 0 Å². The third-order valence-corrected chi connectivity index (χ3v) is 3.95. The first kappa shape index (κ1) is 15.5. The summed E-state index contributed by atoms with van der Waals surface area (Å²) in [7, 11) is 3.15. The van der Waals surface area contributed by atoms with Crippen LogP contribution in [-0.4, -0.2) is 36.1 Å². The van der Waals surface area contributed by atoms with Crippen molar-refractivity contribution in [3.8, 4) is 11.8 Å². The van der Waals surface area contributed by atoms with Gasteiger partial charge in [-0.1, -0.05) is 0 Å². The lowest BCUT2D eigenvalue weighted by atomic mass is 9.85. The molecule has 7 heteroatoms. The standard InChI is InChI=1S/C14H22N4O3/c1-20-13-11(14(21-2)18-8-17-13)7-16-10-5-3-9(4-6-10)12(15)19/h8-10,16H,3-7H2,1-2H3,(H2,15,19). The molecule has 0 saturated heterocycles. The molecule has 3 N–H and O–H groups in total. The molecule has 0 aromatic carbocycles. The van der Waals surface area contributed by atoms with E-state index in [9.17, 15) is 4.79 Å². The van der Waals surface area contributed by atoms with E-state index in [1.165, 1.54) is 6.33 Å². The number of nitrogens with two attached hydrogens (primary N) is 1. The van der Waals surface area contributed by atoms with Crippen molar-refractivity contribution < 1.29 is 14.3 Å². The topological polar surface area (TPSA) is 99.4 Å². The molecule has 1 aromatic heterocycles. The monoisotopic (exact) mass is 294 g/mol. The third kappa shape index (κ3) is 3.81. The van der Waals surface area contributed by atoms with Crippen molar-refractivity contribution in [2.24, 2.45) is 11.7 Å². The SMILES string of the molecule is COc1ncnc(OC)c1CNC1CCC(C(N)=O)CC1. The first-order chi connectivity index (χ1) is 10.2. The van der Waals surface area contributed by atoms with Gasteiger partial charge in [0.1, 0.15) is 6.33 Å². The summed E-state index contributed by atoms with van der Waals surface area (Å²) in [6.45, 7) is 0.569. The number of ether oxygens (including phenoxy) is 2. The number of nitrogens with one attached hydrogen (secondary N) is 1. The fourth-order valence-electron chi connectivity index (χ4n) is 2.71. The van der Waals surface area contributed by atoms with E-state index in [0.29, 0.717) is 24.3 Å². The van der Waals surface area contributed by atoms with Crippen LogP contribution in [0.5, 0.6) is 11.8 Å². The molecule has 0 atom stereocenters. The second-order valence-corrected chi connectivity index (χ2v) is 5.20. The smallest absolute Gasteiger partial charge is 0.224 e. The van der Waals surface area contributed by atoms with Gasteiger partial charge in [0.05, 0.1) is 19.8 Å². The first-order valence-electron chi connectivity index (χ1n) is 7.10. The lowest BCUT2D eigenvalue weighted by Gasteiger charge is -2.27. The van der Waals surface area contributed by atoms with Gasteiger partial charge in [-0.2, -0.15) is 0 Å². The Labute approximate surface area is 124 Å². The molecule has 7 nitrogen and oxygen atoms in total. The molecule has 1 aliphatic carbocycles. The Bertz CT molecular complexity index is 465. The summed E-state index contributed by atoms with van der Waals surface area (Å²) >= 11 is 0. The van der Waals surface area contributed by atoms with Gasteiger partial charge in [-0.3, -0.25) is 4.79 Å². The van der Waals surface area contributed by atoms with Crippen LogP contribution in [0.2, 0.25) is 0 Å². The Kier molecular flexibility index (Phi) is 5.32. The van der Waals surface area contributed by atoms with E-state index < -0.39 is 0 Å². The van der Waals surface area contributed by atoms with Crippen LogP contribution in [0.15, 0.2) is 6.33 Å². The minimum absolute atomic E-state index is 0.0205. The second kappa shape index (κ2) is 7.21. The van der Waals surface area contributed by atoms with Crippen LogP contribution in [0.25, 0.3) is 0 Å². The molecule has 1 saturated carbocycles. The Morgan fingerprint density at radius 1 is 1.24 bits per heavy atom. The number of hydrogen-bond donors (Lipinski definition) is 2. The van der Waals surface area contributed by atoms with Crippen molar-refractivity contribution in [1.82, 2.24) is 15.3 Å². The van der Waals surface area contributed by atoms with Crippen LogP contribution >= 0.6 is 0 Å². The van der Waals surface area contributed by atoms with Crippen molar-refractivity contribution in [3.05, 3.63) is 11.9 Å². The van der Waals surface area contributed by atoms with E-state index in [-0.39, 0.29) is 11.8 Å². The van der Waals surface area contributed by atoms with Crippen LogP contribution < -0.4 is 20.5 Å². The molecule has 1 aliphatic rings. The van der Waals surface area contributed by atoms with Crippen molar-refractivity contribution in [3.63, 3.8) is 0 Å². The van der Waals surface area contributed by atoms with E-state index in [1.807, 2.05) is 0 Å². The number of amides is 1. The highest BCUT2D eigenvalue weighted by molar-refractivity contribution is 5.76. The van der Waals surface area contributed by atoms with Gasteiger partial charge in [0.15, 0.2) is 0 Å². The van der Waals surface area contributed by atoms with Gasteiger partial charge < -0.3 is 20.5 Å². The predicted molar refractivity (Wildman–Crippen MR) is 76.9 cm³/mol. The van der Waals surface area contributed by atoms with Gasteiger partial charge in [0.2, 0.25) is 17.7 Å². The molecule has 0 aliphatic heterocycles. The molecule has 2 rings (SSSR count). The largest absolute Gasteiger partial charge is 0.481 e. The summed E-state index contributed by atoms with van der Waals surface area (Å²) in [5.74, 6) is 0.862. The average molecular weight is 294 g/mol. The fraction of sp³-hybridized carbons (Fsp3) is 0.643. The molecule has 1 fully saturated rings. The van der Waals surface area contributed by atoms with Gasteiger partial charge in [-0.25, -0.2) is 9.97 Å². The molecule has 1 heterocycles. The van der Waals surface area contributed by atoms with E-state index in [2.05, 4.69) is 15.3 Å². The Hall–Kier alpha value is -1.89. The van der Waals surface area contributed by atoms with E-state index in [1.54, 1.807) is 14.2 Å². The maximum atomic E-state index is 11.2. The van der Waals surface area contributed by atoms with Crippen molar-refractivity contribution in [1.29, 1.82) is 0 Å². The number of methoxy groups -OCH3 is 2. The van der Waals surface area contributed by atoms with Crippen molar-refractivity contribution >= 4 is 5.91 Å². The summed E-state index contributed by atoms with van der Waals surface area (Å²) < 4.78 is 10.5. The lowest BCUT2D eigenvalue weighted by molar-refractivity contribution is -0.122. The molecular weight excluding hydrogens is 272 g/mol.